The van der Waals surface area contributed by atoms with Gasteiger partial charge in [-0.05, 0) is 53.6 Å². The first-order valence-corrected chi connectivity index (χ1v) is 13.5. The zero-order valence-corrected chi connectivity index (χ0v) is 22.3. The van der Waals surface area contributed by atoms with E-state index in [9.17, 15) is 26.4 Å². The van der Waals surface area contributed by atoms with E-state index in [4.69, 9.17) is 4.74 Å². The Labute approximate surface area is 223 Å². The van der Waals surface area contributed by atoms with Crippen molar-refractivity contribution in [2.24, 2.45) is 0 Å². The fourth-order valence-corrected chi connectivity index (χ4v) is 4.68. The maximum absolute atomic E-state index is 13.1. The van der Waals surface area contributed by atoms with E-state index in [1.165, 1.54) is 25.3 Å². The van der Waals surface area contributed by atoms with Gasteiger partial charge in [-0.1, -0.05) is 32.0 Å². The van der Waals surface area contributed by atoms with E-state index in [1.807, 2.05) is 13.8 Å². The van der Waals surface area contributed by atoms with E-state index in [1.54, 1.807) is 48.5 Å². The number of amides is 1. The Balaban J connectivity index is 1.62. The van der Waals surface area contributed by atoms with E-state index in [0.717, 1.165) is 6.26 Å². The van der Waals surface area contributed by atoms with Gasteiger partial charge < -0.3 is 19.8 Å². The smallest absolute Gasteiger partial charge is 0.497 e. The standard InChI is InChI=1S/C27H26F3N3O5S/c1-26(2,17-6-5-7-21(12-17)38-27(28,29)30)18-11-20(14-22(13-18)37-3)31-25(34)24-10-16-8-9-19(15-23(16)32-24)33-39(4,35)36/h5-15,32-33H,1-4H3,(H,31,34). The number of H-pyrrole nitrogens is 1. The van der Waals surface area contributed by atoms with E-state index >= 15 is 0 Å². The number of hydrogen-bond donors (Lipinski definition) is 3. The molecule has 3 aromatic carbocycles. The molecule has 0 aliphatic carbocycles. The molecule has 1 aromatic heterocycles. The normalized spacial score (nSPS) is 12.3. The molecule has 0 bridgehead atoms. The monoisotopic (exact) mass is 561 g/mol. The molecule has 0 aliphatic heterocycles. The van der Waals surface area contributed by atoms with Crippen LogP contribution in [0.1, 0.15) is 35.5 Å². The minimum absolute atomic E-state index is 0.238. The maximum atomic E-state index is 13.1. The molecule has 12 heteroatoms. The zero-order valence-electron chi connectivity index (χ0n) is 21.4. The van der Waals surface area contributed by atoms with Crippen molar-refractivity contribution >= 4 is 38.2 Å². The van der Waals surface area contributed by atoms with Gasteiger partial charge in [-0.2, -0.15) is 0 Å². The average Bonchev–Trinajstić information content (AvgIpc) is 3.25. The van der Waals surface area contributed by atoms with Gasteiger partial charge in [-0.25, -0.2) is 8.42 Å². The van der Waals surface area contributed by atoms with Crippen molar-refractivity contribution in [1.29, 1.82) is 0 Å². The number of carbonyl (C=O) groups excluding carboxylic acids is 1. The molecule has 39 heavy (non-hydrogen) atoms. The Morgan fingerprint density at radius 2 is 1.62 bits per heavy atom. The second kappa shape index (κ2) is 10.2. The fourth-order valence-electron chi connectivity index (χ4n) is 4.12. The van der Waals surface area contributed by atoms with E-state index in [2.05, 4.69) is 19.8 Å². The Hall–Kier alpha value is -4.19. The van der Waals surface area contributed by atoms with E-state index in [0.29, 0.717) is 39.2 Å². The van der Waals surface area contributed by atoms with Crippen molar-refractivity contribution in [1.82, 2.24) is 4.98 Å². The van der Waals surface area contributed by atoms with Crippen LogP contribution >= 0.6 is 0 Å². The van der Waals surface area contributed by atoms with E-state index in [-0.39, 0.29) is 11.4 Å². The van der Waals surface area contributed by atoms with Crippen molar-refractivity contribution in [2.75, 3.05) is 23.4 Å². The topological polar surface area (TPSA) is 110 Å². The highest BCUT2D eigenvalue weighted by Gasteiger charge is 2.32. The third kappa shape index (κ3) is 6.82. The van der Waals surface area contributed by atoms with Gasteiger partial charge in [0.1, 0.15) is 17.2 Å². The number of fused-ring (bicyclic) bond motifs is 1. The molecule has 1 heterocycles. The Morgan fingerprint density at radius 1 is 0.897 bits per heavy atom. The third-order valence-corrected chi connectivity index (χ3v) is 6.69. The summed E-state index contributed by atoms with van der Waals surface area (Å²) in [5, 5.41) is 3.52. The van der Waals surface area contributed by atoms with Crippen LogP contribution in [-0.4, -0.2) is 39.0 Å². The number of carbonyl (C=O) groups is 1. The number of methoxy groups -OCH3 is 1. The second-order valence-corrected chi connectivity index (χ2v) is 11.2. The number of anilines is 2. The second-order valence-electron chi connectivity index (χ2n) is 9.46. The summed E-state index contributed by atoms with van der Waals surface area (Å²) in [5.74, 6) is -0.355. The van der Waals surface area contributed by atoms with Gasteiger partial charge in [-0.3, -0.25) is 9.52 Å². The van der Waals surface area contributed by atoms with Crippen molar-refractivity contribution in [3.8, 4) is 11.5 Å². The SMILES string of the molecule is COc1cc(NC(=O)c2cc3ccc(NS(C)(=O)=O)cc3[nH]2)cc(C(C)(C)c2cccc(OC(F)(F)F)c2)c1. The van der Waals surface area contributed by atoms with Crippen molar-refractivity contribution in [3.05, 3.63) is 83.6 Å². The van der Waals surface area contributed by atoms with Gasteiger partial charge in [0.05, 0.1) is 19.1 Å². The lowest BCUT2D eigenvalue weighted by Crippen LogP contribution is -2.21. The molecule has 0 saturated carbocycles. The number of ether oxygens (including phenoxy) is 2. The van der Waals surface area contributed by atoms with Crippen LogP contribution in [0.3, 0.4) is 0 Å². The van der Waals surface area contributed by atoms with Crippen LogP contribution in [-0.2, 0) is 15.4 Å². The third-order valence-electron chi connectivity index (χ3n) is 6.08. The van der Waals surface area contributed by atoms with Gasteiger partial charge in [-0.15, -0.1) is 13.2 Å². The van der Waals surface area contributed by atoms with Gasteiger partial charge in [0, 0.05) is 28.1 Å². The largest absolute Gasteiger partial charge is 0.573 e. The summed E-state index contributed by atoms with van der Waals surface area (Å²) < 4.78 is 73.2. The van der Waals surface area contributed by atoms with Crippen molar-refractivity contribution < 1.29 is 35.9 Å². The number of hydrogen-bond acceptors (Lipinski definition) is 5. The molecule has 0 fully saturated rings. The first-order valence-electron chi connectivity index (χ1n) is 11.6. The van der Waals surface area contributed by atoms with Gasteiger partial charge in [0.15, 0.2) is 0 Å². The molecular weight excluding hydrogens is 535 g/mol. The Bertz CT molecular complexity index is 1650. The molecule has 206 valence electrons. The van der Waals surface area contributed by atoms with Crippen LogP contribution in [0.15, 0.2) is 66.7 Å². The number of halogens is 3. The predicted octanol–water partition coefficient (Wildman–Crippen LogP) is 6.02. The molecule has 3 N–H and O–H groups in total. The first kappa shape index (κ1) is 27.8. The lowest BCUT2D eigenvalue weighted by Gasteiger charge is -2.28. The summed E-state index contributed by atoms with van der Waals surface area (Å²) in [5.41, 5.74) is 2.00. The Morgan fingerprint density at radius 3 is 2.28 bits per heavy atom. The number of alkyl halides is 3. The summed E-state index contributed by atoms with van der Waals surface area (Å²) in [4.78, 5) is 16.1. The zero-order chi connectivity index (χ0) is 28.6. The number of aromatic amines is 1. The highest BCUT2D eigenvalue weighted by atomic mass is 32.2. The molecule has 0 unspecified atom stereocenters. The molecule has 0 saturated heterocycles. The maximum Gasteiger partial charge on any atom is 0.573 e. The fraction of sp³-hybridized carbons (Fsp3) is 0.222. The highest BCUT2D eigenvalue weighted by molar-refractivity contribution is 7.92. The van der Waals surface area contributed by atoms with Crippen LogP contribution in [0.5, 0.6) is 11.5 Å². The van der Waals surface area contributed by atoms with Crippen molar-refractivity contribution in [2.45, 2.75) is 25.6 Å². The predicted molar refractivity (Wildman–Crippen MR) is 143 cm³/mol. The Kier molecular flexibility index (Phi) is 7.26. The average molecular weight is 562 g/mol. The van der Waals surface area contributed by atoms with Gasteiger partial charge in [0.25, 0.3) is 5.91 Å². The summed E-state index contributed by atoms with van der Waals surface area (Å²) in [6, 6.07) is 17.3. The highest BCUT2D eigenvalue weighted by Crippen LogP contribution is 2.37. The molecule has 0 aliphatic rings. The minimum atomic E-state index is -4.81. The number of benzene rings is 3. The van der Waals surface area contributed by atoms with Crippen LogP contribution < -0.4 is 19.5 Å². The van der Waals surface area contributed by atoms with Gasteiger partial charge in [0.2, 0.25) is 10.0 Å². The molecular formula is C27H26F3N3O5S. The van der Waals surface area contributed by atoms with E-state index < -0.39 is 27.7 Å². The first-order chi connectivity index (χ1) is 18.1. The number of sulfonamides is 1. The molecule has 4 rings (SSSR count). The molecule has 0 spiro atoms. The number of nitrogens with one attached hydrogen (secondary N) is 3. The van der Waals surface area contributed by atoms with Crippen LogP contribution in [0.4, 0.5) is 24.5 Å². The quantitative estimate of drug-likeness (QED) is 0.244. The molecule has 0 atom stereocenters. The minimum Gasteiger partial charge on any atom is -0.497 e. The molecule has 4 aromatic rings. The number of rotatable bonds is 8. The lowest BCUT2D eigenvalue weighted by molar-refractivity contribution is -0.274. The van der Waals surface area contributed by atoms with Crippen LogP contribution in [0, 0.1) is 0 Å². The summed E-state index contributed by atoms with van der Waals surface area (Å²) in [7, 11) is -1.99. The van der Waals surface area contributed by atoms with Crippen LogP contribution in [0.25, 0.3) is 10.9 Å². The van der Waals surface area contributed by atoms with Crippen LogP contribution in [0.2, 0.25) is 0 Å². The molecule has 8 nitrogen and oxygen atoms in total. The lowest BCUT2D eigenvalue weighted by atomic mass is 9.78. The summed E-state index contributed by atoms with van der Waals surface area (Å²) in [6.45, 7) is 3.67. The molecule has 0 radical (unpaired) electrons. The van der Waals surface area contributed by atoms with Gasteiger partial charge >= 0.3 is 6.36 Å². The number of aromatic nitrogens is 1. The summed E-state index contributed by atoms with van der Waals surface area (Å²) >= 11 is 0. The summed E-state index contributed by atoms with van der Waals surface area (Å²) in [6.07, 6.45) is -3.77. The van der Waals surface area contributed by atoms with Crippen molar-refractivity contribution in [3.63, 3.8) is 0 Å². The molecule has 1 amide bonds.